The Balaban J connectivity index is 3.53. The Morgan fingerprint density at radius 1 is 1.07 bits per heavy atom. The zero-order valence-electron chi connectivity index (χ0n) is 10.6. The van der Waals surface area contributed by atoms with Crippen molar-refractivity contribution in [3.8, 4) is 0 Å². The Kier molecular flexibility index (Phi) is 9.91. The maximum atomic E-state index is 11.7. The summed E-state index contributed by atoms with van der Waals surface area (Å²) in [5, 5.41) is 0. The molecule has 0 aromatic heterocycles. The van der Waals surface area contributed by atoms with Crippen LogP contribution < -0.4 is 0 Å². The Labute approximate surface area is 94.4 Å². The van der Waals surface area contributed by atoms with Gasteiger partial charge in [0, 0.05) is 13.5 Å². The van der Waals surface area contributed by atoms with Crippen LogP contribution in [0.25, 0.3) is 0 Å². The first kappa shape index (κ1) is 14.6. The molecule has 0 N–H and O–H groups in total. The molecule has 0 spiro atoms. The number of ether oxygens (including phenoxy) is 1. The fourth-order valence-corrected chi connectivity index (χ4v) is 1.74. The van der Waals surface area contributed by atoms with Crippen molar-refractivity contribution in [2.45, 2.75) is 71.3 Å². The molecule has 0 rings (SSSR count). The van der Waals surface area contributed by atoms with Crippen molar-refractivity contribution >= 4 is 5.78 Å². The van der Waals surface area contributed by atoms with E-state index in [0.29, 0.717) is 6.42 Å². The molecule has 0 aliphatic heterocycles. The van der Waals surface area contributed by atoms with Crippen molar-refractivity contribution in [1.29, 1.82) is 0 Å². The van der Waals surface area contributed by atoms with Gasteiger partial charge in [-0.15, -0.1) is 0 Å². The van der Waals surface area contributed by atoms with Crippen LogP contribution in [0.4, 0.5) is 0 Å². The number of hydrogen-bond acceptors (Lipinski definition) is 2. The second-order valence-corrected chi connectivity index (χ2v) is 4.14. The van der Waals surface area contributed by atoms with Crippen LogP contribution in [0, 0.1) is 0 Å². The van der Waals surface area contributed by atoms with Gasteiger partial charge in [-0.3, -0.25) is 4.79 Å². The summed E-state index contributed by atoms with van der Waals surface area (Å²) in [5.41, 5.74) is 0. The van der Waals surface area contributed by atoms with Gasteiger partial charge in [-0.25, -0.2) is 0 Å². The fourth-order valence-electron chi connectivity index (χ4n) is 1.74. The van der Waals surface area contributed by atoms with Gasteiger partial charge in [-0.2, -0.15) is 0 Å². The van der Waals surface area contributed by atoms with Crippen molar-refractivity contribution in [1.82, 2.24) is 0 Å². The smallest absolute Gasteiger partial charge is 0.161 e. The Bertz CT molecular complexity index is 155. The van der Waals surface area contributed by atoms with Crippen molar-refractivity contribution in [3.05, 3.63) is 0 Å². The number of hydrogen-bond donors (Lipinski definition) is 0. The van der Waals surface area contributed by atoms with Crippen LogP contribution in [-0.4, -0.2) is 19.0 Å². The Morgan fingerprint density at radius 3 is 2.27 bits per heavy atom. The van der Waals surface area contributed by atoms with E-state index < -0.39 is 0 Å². The third-order valence-corrected chi connectivity index (χ3v) is 2.72. The molecule has 0 saturated heterocycles. The highest BCUT2D eigenvalue weighted by molar-refractivity contribution is 5.82. The van der Waals surface area contributed by atoms with Crippen molar-refractivity contribution in [3.63, 3.8) is 0 Å². The van der Waals surface area contributed by atoms with Crippen molar-refractivity contribution in [2.75, 3.05) is 7.11 Å². The van der Waals surface area contributed by atoms with Gasteiger partial charge >= 0.3 is 0 Å². The van der Waals surface area contributed by atoms with Crippen LogP contribution in [0.1, 0.15) is 65.2 Å². The molecule has 0 fully saturated rings. The lowest BCUT2D eigenvalue weighted by Crippen LogP contribution is -2.22. The molecule has 1 atom stereocenters. The molecule has 0 aromatic carbocycles. The van der Waals surface area contributed by atoms with E-state index in [1.807, 2.05) is 0 Å². The average Bonchev–Trinajstić information content (AvgIpc) is 2.25. The lowest BCUT2D eigenvalue weighted by molar-refractivity contribution is -0.129. The van der Waals surface area contributed by atoms with E-state index in [2.05, 4.69) is 13.8 Å². The zero-order chi connectivity index (χ0) is 11.5. The van der Waals surface area contributed by atoms with Crippen LogP contribution in [0.5, 0.6) is 0 Å². The second-order valence-electron chi connectivity index (χ2n) is 4.14. The first-order valence-corrected chi connectivity index (χ1v) is 6.31. The van der Waals surface area contributed by atoms with E-state index >= 15 is 0 Å². The van der Waals surface area contributed by atoms with E-state index in [1.54, 1.807) is 7.11 Å². The molecule has 1 unspecified atom stereocenters. The molecule has 0 radical (unpaired) electrons. The summed E-state index contributed by atoms with van der Waals surface area (Å²) in [5.74, 6) is 0.288. The summed E-state index contributed by atoms with van der Waals surface area (Å²) in [6.45, 7) is 4.29. The molecule has 2 heteroatoms. The van der Waals surface area contributed by atoms with Gasteiger partial charge in [0.2, 0.25) is 0 Å². The summed E-state index contributed by atoms with van der Waals surface area (Å²) in [4.78, 5) is 11.7. The summed E-state index contributed by atoms with van der Waals surface area (Å²) in [6.07, 6.45) is 8.44. The monoisotopic (exact) mass is 214 g/mol. The van der Waals surface area contributed by atoms with Gasteiger partial charge in [0.05, 0.1) is 0 Å². The predicted molar refractivity (Wildman–Crippen MR) is 64.1 cm³/mol. The van der Waals surface area contributed by atoms with E-state index in [0.717, 1.165) is 19.3 Å². The average molecular weight is 214 g/mol. The summed E-state index contributed by atoms with van der Waals surface area (Å²) >= 11 is 0. The summed E-state index contributed by atoms with van der Waals surface area (Å²) in [6, 6.07) is 0. The van der Waals surface area contributed by atoms with Crippen LogP contribution in [-0.2, 0) is 9.53 Å². The third kappa shape index (κ3) is 7.55. The largest absolute Gasteiger partial charge is 0.374 e. The van der Waals surface area contributed by atoms with Crippen LogP contribution in [0.2, 0.25) is 0 Å². The molecule has 0 heterocycles. The maximum absolute atomic E-state index is 11.7. The van der Waals surface area contributed by atoms with Crippen LogP contribution in [0.3, 0.4) is 0 Å². The number of Topliss-reactive ketones (excluding diaryl/α,β-unsaturated/α-hetero) is 1. The molecule has 0 aromatic rings. The topological polar surface area (TPSA) is 26.3 Å². The molecule has 0 bridgehead atoms. The standard InChI is InChI=1S/C13H26O2/c1-4-6-7-8-9-11-12(14)13(15-3)10-5-2/h13H,4-11H2,1-3H3. The van der Waals surface area contributed by atoms with Crippen LogP contribution >= 0.6 is 0 Å². The minimum Gasteiger partial charge on any atom is -0.374 e. The van der Waals surface area contributed by atoms with Gasteiger partial charge < -0.3 is 4.74 Å². The van der Waals surface area contributed by atoms with Crippen LogP contribution in [0.15, 0.2) is 0 Å². The molecule has 15 heavy (non-hydrogen) atoms. The molecule has 2 nitrogen and oxygen atoms in total. The van der Waals surface area contributed by atoms with Gasteiger partial charge in [-0.1, -0.05) is 46.0 Å². The highest BCUT2D eigenvalue weighted by Gasteiger charge is 2.15. The molecule has 0 saturated carbocycles. The molecular formula is C13H26O2. The Hall–Kier alpha value is -0.370. The normalized spacial score (nSPS) is 12.7. The van der Waals surface area contributed by atoms with Crippen molar-refractivity contribution < 1.29 is 9.53 Å². The quantitative estimate of drug-likeness (QED) is 0.518. The number of methoxy groups -OCH3 is 1. The first-order chi connectivity index (χ1) is 7.26. The van der Waals surface area contributed by atoms with Gasteiger partial charge in [0.15, 0.2) is 5.78 Å². The molecule has 0 aliphatic rings. The minimum absolute atomic E-state index is 0.152. The maximum Gasteiger partial charge on any atom is 0.161 e. The molecule has 90 valence electrons. The van der Waals surface area contributed by atoms with E-state index in [-0.39, 0.29) is 11.9 Å². The van der Waals surface area contributed by atoms with E-state index in [4.69, 9.17) is 4.74 Å². The second kappa shape index (κ2) is 10.2. The van der Waals surface area contributed by atoms with E-state index in [1.165, 1.54) is 25.7 Å². The van der Waals surface area contributed by atoms with Gasteiger partial charge in [-0.05, 0) is 12.8 Å². The number of carbonyl (C=O) groups is 1. The lowest BCUT2D eigenvalue weighted by Gasteiger charge is -2.12. The fraction of sp³-hybridized carbons (Fsp3) is 0.923. The predicted octanol–water partition coefficient (Wildman–Crippen LogP) is 3.73. The zero-order valence-corrected chi connectivity index (χ0v) is 10.6. The lowest BCUT2D eigenvalue weighted by atomic mass is 10.0. The number of ketones is 1. The van der Waals surface area contributed by atoms with Gasteiger partial charge in [0.1, 0.15) is 6.10 Å². The number of unbranched alkanes of at least 4 members (excludes halogenated alkanes) is 4. The molecule has 0 amide bonds. The molecular weight excluding hydrogens is 188 g/mol. The summed E-state index contributed by atoms with van der Waals surface area (Å²) in [7, 11) is 1.63. The summed E-state index contributed by atoms with van der Waals surface area (Å²) < 4.78 is 5.18. The number of carbonyl (C=O) groups excluding carboxylic acids is 1. The SMILES string of the molecule is CCCCCCCC(=O)C(CCC)OC. The van der Waals surface area contributed by atoms with Gasteiger partial charge in [0.25, 0.3) is 0 Å². The number of rotatable bonds is 10. The minimum atomic E-state index is -0.152. The third-order valence-electron chi connectivity index (χ3n) is 2.72. The first-order valence-electron chi connectivity index (χ1n) is 6.31. The highest BCUT2D eigenvalue weighted by Crippen LogP contribution is 2.10. The van der Waals surface area contributed by atoms with Crippen molar-refractivity contribution in [2.24, 2.45) is 0 Å². The van der Waals surface area contributed by atoms with E-state index in [9.17, 15) is 4.79 Å². The highest BCUT2D eigenvalue weighted by atomic mass is 16.5. The Morgan fingerprint density at radius 2 is 1.73 bits per heavy atom. The molecule has 0 aliphatic carbocycles.